The summed E-state index contributed by atoms with van der Waals surface area (Å²) in [7, 11) is 0. The van der Waals surface area contributed by atoms with Crippen molar-refractivity contribution in [3.05, 3.63) is 36.9 Å². The van der Waals surface area contributed by atoms with Gasteiger partial charge >= 0.3 is 0 Å². The largest absolute Gasteiger partial charge is 0.367 e. The number of nitrogens with one attached hydrogen (secondary N) is 1. The van der Waals surface area contributed by atoms with E-state index >= 15 is 0 Å². The Labute approximate surface area is 114 Å². The van der Waals surface area contributed by atoms with Crippen LogP contribution in [-0.2, 0) is 4.79 Å². The van der Waals surface area contributed by atoms with Crippen molar-refractivity contribution in [2.45, 2.75) is 6.92 Å². The van der Waals surface area contributed by atoms with Gasteiger partial charge in [0.2, 0.25) is 5.91 Å². The van der Waals surface area contributed by atoms with Crippen molar-refractivity contribution in [1.29, 1.82) is 0 Å². The third-order valence-corrected chi connectivity index (χ3v) is 3.51. The monoisotopic (exact) mass is 259 g/mol. The number of piperazine rings is 1. The molecule has 1 aromatic rings. The Balaban J connectivity index is 2.11. The first-order valence-corrected chi connectivity index (χ1v) is 6.74. The summed E-state index contributed by atoms with van der Waals surface area (Å²) < 4.78 is 0. The van der Waals surface area contributed by atoms with E-state index in [0.717, 1.165) is 44.1 Å². The summed E-state index contributed by atoms with van der Waals surface area (Å²) in [5.41, 5.74) is 1.95. The van der Waals surface area contributed by atoms with Gasteiger partial charge in [0, 0.05) is 26.2 Å². The summed E-state index contributed by atoms with van der Waals surface area (Å²) in [5.74, 6) is -0.167. The number of benzene rings is 1. The van der Waals surface area contributed by atoms with E-state index in [9.17, 15) is 4.79 Å². The number of para-hydroxylation sites is 2. The smallest absolute Gasteiger partial charge is 0.247 e. The molecule has 0 aromatic heterocycles. The Kier molecular flexibility index (Phi) is 4.58. The number of amides is 1. The second kappa shape index (κ2) is 6.38. The minimum absolute atomic E-state index is 0.167. The molecule has 0 saturated carbocycles. The molecular weight excluding hydrogens is 238 g/mol. The van der Waals surface area contributed by atoms with E-state index in [1.165, 1.54) is 6.08 Å². The molecule has 4 nitrogen and oxygen atoms in total. The van der Waals surface area contributed by atoms with E-state index < -0.39 is 0 Å². The number of likely N-dealkylation sites (N-methyl/N-ethyl adjacent to an activating group) is 1. The molecule has 0 atom stereocenters. The van der Waals surface area contributed by atoms with Crippen LogP contribution < -0.4 is 10.2 Å². The van der Waals surface area contributed by atoms with Crippen molar-refractivity contribution in [3.8, 4) is 0 Å². The molecule has 0 aliphatic carbocycles. The first kappa shape index (κ1) is 13.6. The lowest BCUT2D eigenvalue weighted by atomic mass is 10.2. The van der Waals surface area contributed by atoms with Crippen LogP contribution in [0.15, 0.2) is 36.9 Å². The van der Waals surface area contributed by atoms with Crippen LogP contribution in [0.5, 0.6) is 0 Å². The molecule has 0 unspecified atom stereocenters. The summed E-state index contributed by atoms with van der Waals surface area (Å²) in [6, 6.07) is 7.93. The molecule has 1 heterocycles. The predicted octanol–water partition coefficient (Wildman–Crippen LogP) is 1.95. The van der Waals surface area contributed by atoms with Gasteiger partial charge in [0.1, 0.15) is 0 Å². The van der Waals surface area contributed by atoms with Crippen LogP contribution in [0.25, 0.3) is 0 Å². The van der Waals surface area contributed by atoms with Crippen molar-refractivity contribution in [1.82, 2.24) is 4.90 Å². The van der Waals surface area contributed by atoms with E-state index in [0.29, 0.717) is 0 Å². The van der Waals surface area contributed by atoms with Crippen molar-refractivity contribution < 1.29 is 4.79 Å². The van der Waals surface area contributed by atoms with Gasteiger partial charge in [-0.15, -0.1) is 0 Å². The molecular formula is C15H21N3O. The molecule has 102 valence electrons. The van der Waals surface area contributed by atoms with E-state index in [-0.39, 0.29) is 5.91 Å². The maximum atomic E-state index is 11.5. The van der Waals surface area contributed by atoms with E-state index in [1.807, 2.05) is 18.2 Å². The minimum atomic E-state index is -0.167. The van der Waals surface area contributed by atoms with Crippen LogP contribution in [0.4, 0.5) is 11.4 Å². The fourth-order valence-corrected chi connectivity index (χ4v) is 2.34. The summed E-state index contributed by atoms with van der Waals surface area (Å²) in [4.78, 5) is 16.2. The lowest BCUT2D eigenvalue weighted by Crippen LogP contribution is -2.46. The first-order chi connectivity index (χ1) is 9.24. The average Bonchev–Trinajstić information content (AvgIpc) is 2.48. The van der Waals surface area contributed by atoms with Gasteiger partial charge in [0.15, 0.2) is 0 Å². The van der Waals surface area contributed by atoms with Gasteiger partial charge in [-0.2, -0.15) is 0 Å². The first-order valence-electron chi connectivity index (χ1n) is 6.74. The molecule has 1 aliphatic rings. The van der Waals surface area contributed by atoms with Gasteiger partial charge < -0.3 is 15.1 Å². The predicted molar refractivity (Wildman–Crippen MR) is 79.6 cm³/mol. The highest BCUT2D eigenvalue weighted by Gasteiger charge is 2.18. The van der Waals surface area contributed by atoms with E-state index in [1.54, 1.807) is 0 Å². The van der Waals surface area contributed by atoms with E-state index in [4.69, 9.17) is 0 Å². The zero-order chi connectivity index (χ0) is 13.7. The van der Waals surface area contributed by atoms with Gasteiger partial charge in [0.05, 0.1) is 11.4 Å². The lowest BCUT2D eigenvalue weighted by molar-refractivity contribution is -0.111. The Bertz CT molecular complexity index is 450. The van der Waals surface area contributed by atoms with Gasteiger partial charge in [-0.3, -0.25) is 4.79 Å². The molecule has 1 saturated heterocycles. The quantitative estimate of drug-likeness (QED) is 0.840. The molecule has 0 radical (unpaired) electrons. The van der Waals surface area contributed by atoms with Crippen molar-refractivity contribution in [2.24, 2.45) is 0 Å². The van der Waals surface area contributed by atoms with Crippen LogP contribution in [0.1, 0.15) is 6.92 Å². The highest BCUT2D eigenvalue weighted by atomic mass is 16.1. The average molecular weight is 259 g/mol. The number of hydrogen-bond donors (Lipinski definition) is 1. The zero-order valence-electron chi connectivity index (χ0n) is 11.4. The SMILES string of the molecule is C=CC(=O)Nc1ccccc1N1CCN(CC)CC1. The number of carbonyl (C=O) groups excluding carboxylic acids is 1. The molecule has 1 amide bonds. The summed E-state index contributed by atoms with van der Waals surface area (Å²) in [5, 5.41) is 2.87. The second-order valence-electron chi connectivity index (χ2n) is 4.63. The summed E-state index contributed by atoms with van der Waals surface area (Å²) >= 11 is 0. The molecule has 2 rings (SSSR count). The van der Waals surface area contributed by atoms with Crippen LogP contribution in [0.2, 0.25) is 0 Å². The standard InChI is InChI=1S/C15H21N3O/c1-3-15(19)16-13-7-5-6-8-14(13)18-11-9-17(4-2)10-12-18/h3,5-8H,1,4,9-12H2,2H3,(H,16,19). The fourth-order valence-electron chi connectivity index (χ4n) is 2.34. The number of carbonyl (C=O) groups is 1. The Morgan fingerprint density at radius 2 is 2.00 bits per heavy atom. The number of hydrogen-bond acceptors (Lipinski definition) is 3. The third kappa shape index (κ3) is 3.35. The maximum Gasteiger partial charge on any atom is 0.247 e. The Hall–Kier alpha value is -1.81. The molecule has 1 aliphatic heterocycles. The van der Waals surface area contributed by atoms with Crippen LogP contribution in [0.3, 0.4) is 0 Å². The van der Waals surface area contributed by atoms with Gasteiger partial charge in [-0.05, 0) is 24.8 Å². The number of rotatable bonds is 4. The molecule has 4 heteroatoms. The molecule has 1 fully saturated rings. The lowest BCUT2D eigenvalue weighted by Gasteiger charge is -2.36. The topological polar surface area (TPSA) is 35.6 Å². The third-order valence-electron chi connectivity index (χ3n) is 3.51. The van der Waals surface area contributed by atoms with Crippen LogP contribution >= 0.6 is 0 Å². The highest BCUT2D eigenvalue weighted by Crippen LogP contribution is 2.26. The summed E-state index contributed by atoms with van der Waals surface area (Å²) in [6.45, 7) is 10.9. The van der Waals surface area contributed by atoms with Crippen molar-refractivity contribution in [2.75, 3.05) is 42.9 Å². The Morgan fingerprint density at radius 1 is 1.32 bits per heavy atom. The molecule has 0 spiro atoms. The molecule has 1 aromatic carbocycles. The van der Waals surface area contributed by atoms with Gasteiger partial charge in [0.25, 0.3) is 0 Å². The molecule has 1 N–H and O–H groups in total. The van der Waals surface area contributed by atoms with Gasteiger partial charge in [-0.1, -0.05) is 25.6 Å². The molecule has 19 heavy (non-hydrogen) atoms. The zero-order valence-corrected chi connectivity index (χ0v) is 11.4. The number of anilines is 2. The second-order valence-corrected chi connectivity index (χ2v) is 4.63. The maximum absolute atomic E-state index is 11.5. The minimum Gasteiger partial charge on any atom is -0.367 e. The van der Waals surface area contributed by atoms with Crippen molar-refractivity contribution >= 4 is 17.3 Å². The van der Waals surface area contributed by atoms with E-state index in [2.05, 4.69) is 34.7 Å². The molecule has 0 bridgehead atoms. The normalized spacial score (nSPS) is 16.2. The fraction of sp³-hybridized carbons (Fsp3) is 0.400. The summed E-state index contributed by atoms with van der Waals surface area (Å²) in [6.07, 6.45) is 1.30. The van der Waals surface area contributed by atoms with Crippen LogP contribution in [0, 0.1) is 0 Å². The van der Waals surface area contributed by atoms with Crippen LogP contribution in [-0.4, -0.2) is 43.5 Å². The van der Waals surface area contributed by atoms with Crippen molar-refractivity contribution in [3.63, 3.8) is 0 Å². The van der Waals surface area contributed by atoms with Gasteiger partial charge in [-0.25, -0.2) is 0 Å². The highest BCUT2D eigenvalue weighted by molar-refractivity contribution is 6.01. The Morgan fingerprint density at radius 3 is 2.63 bits per heavy atom. The number of nitrogens with zero attached hydrogens (tertiary/aromatic N) is 2.